The monoisotopic (exact) mass is 437 g/mol. The summed E-state index contributed by atoms with van der Waals surface area (Å²) in [6.45, 7) is 1.47. The van der Waals surface area contributed by atoms with Crippen molar-refractivity contribution >= 4 is 28.2 Å². The highest BCUT2D eigenvalue weighted by atomic mass is 16.7. The third-order valence-corrected chi connectivity index (χ3v) is 5.69. The van der Waals surface area contributed by atoms with Crippen LogP contribution in [0.15, 0.2) is 47.3 Å². The normalized spacial score (nSPS) is 16.8. The quantitative estimate of drug-likeness (QED) is 0.324. The maximum atomic E-state index is 13.1. The van der Waals surface area contributed by atoms with Gasteiger partial charge in [-0.3, -0.25) is 19.7 Å². The van der Waals surface area contributed by atoms with Crippen molar-refractivity contribution in [2.24, 2.45) is 0 Å². The molecule has 32 heavy (non-hydrogen) atoms. The summed E-state index contributed by atoms with van der Waals surface area (Å²) in [6, 6.07) is 11.3. The second-order valence-electron chi connectivity index (χ2n) is 7.57. The van der Waals surface area contributed by atoms with E-state index in [1.165, 1.54) is 22.9 Å². The number of amides is 1. The van der Waals surface area contributed by atoms with E-state index in [0.717, 1.165) is 5.69 Å². The van der Waals surface area contributed by atoms with Crippen LogP contribution in [0, 0.1) is 10.1 Å². The van der Waals surface area contributed by atoms with E-state index in [-0.39, 0.29) is 28.1 Å². The first-order chi connectivity index (χ1) is 15.5. The Bertz CT molecular complexity index is 1280. The molecule has 0 radical (unpaired) electrons. The predicted molar refractivity (Wildman–Crippen MR) is 112 cm³/mol. The highest BCUT2D eigenvalue weighted by Gasteiger charge is 2.55. The molecule has 1 amide bonds. The van der Waals surface area contributed by atoms with Crippen LogP contribution in [-0.4, -0.2) is 45.6 Å². The topological polar surface area (TPSA) is 130 Å². The smallest absolute Gasteiger partial charge is 0.292 e. The molecule has 11 heteroatoms. The van der Waals surface area contributed by atoms with Crippen molar-refractivity contribution in [2.75, 3.05) is 24.7 Å². The van der Waals surface area contributed by atoms with Crippen molar-refractivity contribution < 1.29 is 19.2 Å². The molecule has 2 aromatic carbocycles. The lowest BCUT2D eigenvalue weighted by Crippen LogP contribution is -2.41. The van der Waals surface area contributed by atoms with Crippen molar-refractivity contribution in [1.29, 1.82) is 0 Å². The summed E-state index contributed by atoms with van der Waals surface area (Å²) >= 11 is 0. The number of anilines is 1. The van der Waals surface area contributed by atoms with Gasteiger partial charge in [-0.2, -0.15) is 0 Å². The van der Waals surface area contributed by atoms with Crippen LogP contribution in [0.25, 0.3) is 10.9 Å². The fourth-order valence-corrected chi connectivity index (χ4v) is 4.16. The van der Waals surface area contributed by atoms with E-state index < -0.39 is 10.7 Å². The van der Waals surface area contributed by atoms with Gasteiger partial charge < -0.3 is 14.4 Å². The molecule has 2 aliphatic rings. The largest absolute Gasteiger partial charge is 0.336 e. The number of aromatic nitrogens is 3. The highest BCUT2D eigenvalue weighted by molar-refractivity contribution is 6.06. The Balaban J connectivity index is 1.28. The zero-order valence-electron chi connectivity index (χ0n) is 17.0. The Hall–Kier alpha value is -3.70. The van der Waals surface area contributed by atoms with Crippen LogP contribution in [0.3, 0.4) is 0 Å². The summed E-state index contributed by atoms with van der Waals surface area (Å²) in [5.41, 5.74) is 1.16. The average Bonchev–Trinajstić information content (AvgIpc) is 3.38. The van der Waals surface area contributed by atoms with Crippen molar-refractivity contribution in [1.82, 2.24) is 15.0 Å². The Morgan fingerprint density at radius 3 is 2.59 bits per heavy atom. The van der Waals surface area contributed by atoms with Gasteiger partial charge in [0, 0.05) is 30.8 Å². The molecular weight excluding hydrogens is 418 g/mol. The van der Waals surface area contributed by atoms with Gasteiger partial charge in [0.2, 0.25) is 0 Å². The van der Waals surface area contributed by atoms with Gasteiger partial charge in [-0.15, -0.1) is 5.10 Å². The first-order valence-corrected chi connectivity index (χ1v) is 10.2. The van der Waals surface area contributed by atoms with Crippen LogP contribution in [0.1, 0.15) is 18.4 Å². The minimum atomic E-state index is -1.35. The number of fused-ring (bicyclic) bond motifs is 3. The standard InChI is InChI=1S/C21H19N5O6/c27-19-15-8-7-14(26(29)30)13-17(15)22-23-25(19)10-4-3-9-24-18-6-2-1-5-16(18)21(20(24)28)31-11-12-32-21/h1-2,5-8,13H,3-4,9-12H2. The molecule has 164 valence electrons. The highest BCUT2D eigenvalue weighted by Crippen LogP contribution is 2.45. The maximum Gasteiger partial charge on any atom is 0.292 e. The molecule has 1 fully saturated rings. The summed E-state index contributed by atoms with van der Waals surface area (Å²) in [4.78, 5) is 37.7. The number of nitro groups is 1. The van der Waals surface area contributed by atoms with Crippen molar-refractivity contribution in [3.8, 4) is 0 Å². The Morgan fingerprint density at radius 2 is 1.81 bits per heavy atom. The van der Waals surface area contributed by atoms with Crippen LogP contribution < -0.4 is 10.5 Å². The number of para-hydroxylation sites is 1. The SMILES string of the molecule is O=C1N(CCCCn2nnc3cc([N+](=O)[O-])ccc3c2=O)c2ccccc2C12OCCO2. The molecule has 11 nitrogen and oxygen atoms in total. The first-order valence-electron chi connectivity index (χ1n) is 10.2. The van der Waals surface area contributed by atoms with E-state index in [1.54, 1.807) is 4.90 Å². The molecule has 0 N–H and O–H groups in total. The summed E-state index contributed by atoms with van der Waals surface area (Å²) in [7, 11) is 0. The number of aryl methyl sites for hydroxylation is 1. The van der Waals surface area contributed by atoms with Crippen LogP contribution in [-0.2, 0) is 26.6 Å². The van der Waals surface area contributed by atoms with Crippen molar-refractivity contribution in [3.05, 3.63) is 68.5 Å². The van der Waals surface area contributed by atoms with Gasteiger partial charge in [-0.05, 0) is 25.0 Å². The summed E-state index contributed by atoms with van der Waals surface area (Å²) < 4.78 is 12.6. The number of unbranched alkanes of at least 4 members (excludes halogenated alkanes) is 1. The first kappa shape index (κ1) is 20.2. The van der Waals surface area contributed by atoms with Gasteiger partial charge in [0.25, 0.3) is 22.9 Å². The molecule has 0 unspecified atom stereocenters. The molecule has 3 heterocycles. The predicted octanol–water partition coefficient (Wildman–Crippen LogP) is 1.73. The molecule has 2 aliphatic heterocycles. The zero-order valence-corrected chi connectivity index (χ0v) is 17.0. The number of carbonyl (C=O) groups is 1. The fourth-order valence-electron chi connectivity index (χ4n) is 4.16. The lowest BCUT2D eigenvalue weighted by molar-refractivity contribution is -0.384. The number of rotatable bonds is 6. The molecule has 0 aliphatic carbocycles. The minimum Gasteiger partial charge on any atom is -0.336 e. The van der Waals surface area contributed by atoms with Gasteiger partial charge in [0.15, 0.2) is 0 Å². The van der Waals surface area contributed by atoms with E-state index in [0.29, 0.717) is 44.7 Å². The molecule has 3 aromatic rings. The Morgan fingerprint density at radius 1 is 1.06 bits per heavy atom. The van der Waals surface area contributed by atoms with Gasteiger partial charge in [-0.1, -0.05) is 23.4 Å². The van der Waals surface area contributed by atoms with Crippen molar-refractivity contribution in [2.45, 2.75) is 25.2 Å². The van der Waals surface area contributed by atoms with Gasteiger partial charge in [-0.25, -0.2) is 4.68 Å². The van der Waals surface area contributed by atoms with Crippen molar-refractivity contribution in [3.63, 3.8) is 0 Å². The van der Waals surface area contributed by atoms with E-state index in [9.17, 15) is 19.7 Å². The molecular formula is C21H19N5O6. The summed E-state index contributed by atoms with van der Waals surface area (Å²) in [5, 5.41) is 19.0. The van der Waals surface area contributed by atoms with Gasteiger partial charge in [0.05, 0.1) is 29.2 Å². The third kappa shape index (κ3) is 3.13. The number of benzene rings is 2. The molecule has 5 rings (SSSR count). The van der Waals surface area contributed by atoms with E-state index in [1.807, 2.05) is 24.3 Å². The van der Waals surface area contributed by atoms with Gasteiger partial charge >= 0.3 is 0 Å². The summed E-state index contributed by atoms with van der Waals surface area (Å²) in [6.07, 6.45) is 1.19. The number of hydrogen-bond acceptors (Lipinski definition) is 8. The molecule has 1 aromatic heterocycles. The van der Waals surface area contributed by atoms with Crippen LogP contribution in [0.5, 0.6) is 0 Å². The molecule has 1 saturated heterocycles. The van der Waals surface area contributed by atoms with Crippen LogP contribution in [0.2, 0.25) is 0 Å². The zero-order chi connectivity index (χ0) is 22.3. The summed E-state index contributed by atoms with van der Waals surface area (Å²) in [5.74, 6) is -1.58. The number of non-ortho nitro benzene ring substituents is 1. The molecule has 0 atom stereocenters. The fraction of sp³-hybridized carbons (Fsp3) is 0.333. The van der Waals surface area contributed by atoms with E-state index in [2.05, 4.69) is 10.3 Å². The number of nitrogens with zero attached hydrogens (tertiary/aromatic N) is 5. The molecule has 0 saturated carbocycles. The van der Waals surface area contributed by atoms with Gasteiger partial charge in [0.1, 0.15) is 5.52 Å². The minimum absolute atomic E-state index is 0.146. The Labute approximate surface area is 181 Å². The number of ether oxygens (including phenoxy) is 2. The maximum absolute atomic E-state index is 13.1. The van der Waals surface area contributed by atoms with Crippen LogP contribution >= 0.6 is 0 Å². The molecule has 1 spiro atoms. The Kier molecular flexibility index (Phi) is 4.91. The molecule has 0 bridgehead atoms. The second kappa shape index (κ2) is 7.77. The third-order valence-electron chi connectivity index (χ3n) is 5.69. The van der Waals surface area contributed by atoms with E-state index >= 15 is 0 Å². The second-order valence-corrected chi connectivity index (χ2v) is 7.57. The average molecular weight is 437 g/mol. The van der Waals surface area contributed by atoms with E-state index in [4.69, 9.17) is 9.47 Å². The number of carbonyl (C=O) groups excluding carboxylic acids is 1. The van der Waals surface area contributed by atoms with Crippen LogP contribution in [0.4, 0.5) is 11.4 Å². The lowest BCUT2D eigenvalue weighted by atomic mass is 10.1. The lowest BCUT2D eigenvalue weighted by Gasteiger charge is -2.22. The number of hydrogen-bond donors (Lipinski definition) is 0. The number of nitro benzene ring substituents is 1.